The normalized spacial score (nSPS) is 26.7. The fourth-order valence-corrected chi connectivity index (χ4v) is 4.95. The van der Waals surface area contributed by atoms with Crippen LogP contribution in [-0.2, 0) is 19.3 Å². The van der Waals surface area contributed by atoms with E-state index in [0.29, 0.717) is 13.1 Å². The van der Waals surface area contributed by atoms with Crippen LogP contribution >= 0.6 is 0 Å². The van der Waals surface area contributed by atoms with Crippen molar-refractivity contribution in [2.75, 3.05) is 37.3 Å². The minimum atomic E-state index is -3.05. The van der Waals surface area contributed by atoms with E-state index in [4.69, 9.17) is 9.31 Å². The van der Waals surface area contributed by atoms with Crippen molar-refractivity contribution in [3.63, 3.8) is 0 Å². The quantitative estimate of drug-likeness (QED) is 0.737. The Morgan fingerprint density at radius 1 is 1.00 bits per heavy atom. The van der Waals surface area contributed by atoms with Crippen LogP contribution in [0.4, 0.5) is 5.69 Å². The molecule has 0 atom stereocenters. The molecule has 0 aromatic heterocycles. The van der Waals surface area contributed by atoms with Gasteiger partial charge in [-0.3, -0.25) is 0 Å². The largest absolute Gasteiger partial charge is 0.494 e. The van der Waals surface area contributed by atoms with E-state index in [0.717, 1.165) is 24.2 Å². The van der Waals surface area contributed by atoms with E-state index in [9.17, 15) is 8.42 Å². The van der Waals surface area contributed by atoms with Gasteiger partial charge < -0.3 is 14.2 Å². The monoisotopic (exact) mass is 378 g/mol. The number of benzene rings is 1. The number of anilines is 1. The first-order valence-electron chi connectivity index (χ1n) is 9.07. The lowest BCUT2D eigenvalue weighted by Gasteiger charge is -2.60. The lowest BCUT2D eigenvalue weighted by atomic mass is 9.73. The average Bonchev–Trinajstić information content (AvgIpc) is 2.63. The zero-order valence-electron chi connectivity index (χ0n) is 16.2. The molecule has 0 unspecified atom stereocenters. The first-order chi connectivity index (χ1) is 11.9. The maximum Gasteiger partial charge on any atom is 0.494 e. The third kappa shape index (κ3) is 2.87. The summed E-state index contributed by atoms with van der Waals surface area (Å²) in [6.07, 6.45) is 1.28. The SMILES string of the molecule is CC1(C)OB(c2cccc(N3CC4(C3)CN(S(C)(=O)=O)C4)c2)OC1(C)C. The van der Waals surface area contributed by atoms with Crippen molar-refractivity contribution in [2.45, 2.75) is 38.9 Å². The molecule has 8 heteroatoms. The Balaban J connectivity index is 1.43. The summed E-state index contributed by atoms with van der Waals surface area (Å²) in [6, 6.07) is 8.29. The van der Waals surface area contributed by atoms with Crippen LogP contribution in [0.2, 0.25) is 0 Å². The first kappa shape index (κ1) is 18.3. The van der Waals surface area contributed by atoms with Crippen LogP contribution < -0.4 is 10.4 Å². The molecular formula is C18H27BN2O4S. The molecule has 4 rings (SSSR count). The van der Waals surface area contributed by atoms with Crippen LogP contribution in [0.1, 0.15) is 27.7 Å². The maximum atomic E-state index is 11.6. The Labute approximate surface area is 156 Å². The number of sulfonamides is 1. The second-order valence-electron chi connectivity index (χ2n) is 9.07. The molecule has 0 amide bonds. The predicted molar refractivity (Wildman–Crippen MR) is 103 cm³/mol. The molecule has 1 aromatic carbocycles. The van der Waals surface area contributed by atoms with Crippen molar-refractivity contribution in [3.05, 3.63) is 24.3 Å². The van der Waals surface area contributed by atoms with Gasteiger partial charge in [0.15, 0.2) is 0 Å². The van der Waals surface area contributed by atoms with Gasteiger partial charge in [-0.15, -0.1) is 0 Å². The van der Waals surface area contributed by atoms with Crippen molar-refractivity contribution in [1.29, 1.82) is 0 Å². The third-order valence-corrected chi connectivity index (χ3v) is 7.50. The predicted octanol–water partition coefficient (Wildman–Crippen LogP) is 1.07. The molecule has 0 bridgehead atoms. The molecule has 3 aliphatic rings. The first-order valence-corrected chi connectivity index (χ1v) is 10.9. The number of hydrogen-bond donors (Lipinski definition) is 0. The van der Waals surface area contributed by atoms with E-state index in [-0.39, 0.29) is 23.7 Å². The topological polar surface area (TPSA) is 59.1 Å². The fourth-order valence-electron chi connectivity index (χ4n) is 3.93. The van der Waals surface area contributed by atoms with Crippen LogP contribution in [0.15, 0.2) is 24.3 Å². The van der Waals surface area contributed by atoms with E-state index in [2.05, 4.69) is 44.7 Å². The van der Waals surface area contributed by atoms with E-state index < -0.39 is 10.0 Å². The molecule has 1 aromatic rings. The van der Waals surface area contributed by atoms with Crippen molar-refractivity contribution in [3.8, 4) is 0 Å². The summed E-state index contributed by atoms with van der Waals surface area (Å²) in [5, 5.41) is 0. The Morgan fingerprint density at radius 3 is 2.12 bits per heavy atom. The summed E-state index contributed by atoms with van der Waals surface area (Å²) in [5.74, 6) is 0. The zero-order valence-corrected chi connectivity index (χ0v) is 17.0. The van der Waals surface area contributed by atoms with Crippen molar-refractivity contribution in [1.82, 2.24) is 4.31 Å². The number of rotatable bonds is 3. The second kappa shape index (κ2) is 5.47. The van der Waals surface area contributed by atoms with Gasteiger partial charge in [-0.05, 0) is 45.3 Å². The Kier molecular flexibility index (Phi) is 3.85. The highest BCUT2D eigenvalue weighted by Crippen LogP contribution is 2.43. The van der Waals surface area contributed by atoms with Gasteiger partial charge in [-0.1, -0.05) is 12.1 Å². The molecule has 3 aliphatic heterocycles. The summed E-state index contributed by atoms with van der Waals surface area (Å²) in [6.45, 7) is 11.3. The molecule has 6 nitrogen and oxygen atoms in total. The standard InChI is InChI=1S/C18H27BN2O4S/c1-16(2)17(3,4)25-19(24-16)14-7-6-8-15(9-14)20-10-18(11-20)12-21(13-18)26(5,22)23/h6-9H,10-13H2,1-5H3. The smallest absolute Gasteiger partial charge is 0.399 e. The molecule has 1 spiro atoms. The molecule has 0 N–H and O–H groups in total. The van der Waals surface area contributed by atoms with E-state index in [1.807, 2.05) is 12.1 Å². The highest BCUT2D eigenvalue weighted by atomic mass is 32.2. The number of hydrogen-bond acceptors (Lipinski definition) is 5. The molecule has 0 radical (unpaired) electrons. The molecule has 0 saturated carbocycles. The Hall–Kier alpha value is -1.09. The second-order valence-corrected chi connectivity index (χ2v) is 11.1. The van der Waals surface area contributed by atoms with Crippen LogP contribution in [0.5, 0.6) is 0 Å². The van der Waals surface area contributed by atoms with Gasteiger partial charge in [-0.2, -0.15) is 0 Å². The summed E-state index contributed by atoms with van der Waals surface area (Å²) in [5.41, 5.74) is 1.59. The summed E-state index contributed by atoms with van der Waals surface area (Å²) < 4.78 is 37.0. The fraction of sp³-hybridized carbons (Fsp3) is 0.667. The van der Waals surface area contributed by atoms with Gasteiger partial charge in [0.2, 0.25) is 10.0 Å². The molecule has 26 heavy (non-hydrogen) atoms. The lowest BCUT2D eigenvalue weighted by molar-refractivity contribution is 0.00578. The molecule has 3 saturated heterocycles. The Morgan fingerprint density at radius 2 is 1.58 bits per heavy atom. The van der Waals surface area contributed by atoms with Crippen LogP contribution in [0, 0.1) is 5.41 Å². The number of nitrogens with zero attached hydrogens (tertiary/aromatic N) is 2. The van der Waals surface area contributed by atoms with E-state index >= 15 is 0 Å². The minimum absolute atomic E-state index is 0.128. The van der Waals surface area contributed by atoms with Gasteiger partial charge in [0.25, 0.3) is 0 Å². The maximum absolute atomic E-state index is 11.6. The van der Waals surface area contributed by atoms with E-state index in [1.165, 1.54) is 6.26 Å². The van der Waals surface area contributed by atoms with Crippen molar-refractivity contribution < 1.29 is 17.7 Å². The van der Waals surface area contributed by atoms with Gasteiger partial charge >= 0.3 is 7.12 Å². The Bertz CT molecular complexity index is 809. The van der Waals surface area contributed by atoms with Crippen molar-refractivity contribution >= 4 is 28.3 Å². The van der Waals surface area contributed by atoms with Crippen LogP contribution in [0.3, 0.4) is 0 Å². The van der Waals surface area contributed by atoms with Gasteiger partial charge in [-0.25, -0.2) is 12.7 Å². The van der Waals surface area contributed by atoms with Gasteiger partial charge in [0.1, 0.15) is 0 Å². The van der Waals surface area contributed by atoms with Crippen molar-refractivity contribution in [2.24, 2.45) is 5.41 Å². The molecule has 0 aliphatic carbocycles. The third-order valence-electron chi connectivity index (χ3n) is 6.31. The summed E-state index contributed by atoms with van der Waals surface area (Å²) >= 11 is 0. The molecule has 3 heterocycles. The average molecular weight is 378 g/mol. The molecular weight excluding hydrogens is 351 g/mol. The minimum Gasteiger partial charge on any atom is -0.399 e. The van der Waals surface area contributed by atoms with E-state index in [1.54, 1.807) is 4.31 Å². The summed E-state index contributed by atoms with van der Waals surface area (Å²) in [4.78, 5) is 2.30. The zero-order chi connectivity index (χ0) is 19.0. The highest BCUT2D eigenvalue weighted by Gasteiger charge is 2.55. The van der Waals surface area contributed by atoms with Crippen LogP contribution in [-0.4, -0.2) is 63.5 Å². The lowest BCUT2D eigenvalue weighted by Crippen LogP contribution is -2.73. The van der Waals surface area contributed by atoms with Crippen LogP contribution in [0.25, 0.3) is 0 Å². The van der Waals surface area contributed by atoms with Gasteiger partial charge in [0.05, 0.1) is 17.5 Å². The summed E-state index contributed by atoms with van der Waals surface area (Å²) in [7, 11) is -3.42. The molecule has 3 fully saturated rings. The highest BCUT2D eigenvalue weighted by molar-refractivity contribution is 7.88. The molecule has 142 valence electrons. The van der Waals surface area contributed by atoms with Gasteiger partial charge in [0, 0.05) is 37.3 Å².